The van der Waals surface area contributed by atoms with Crippen molar-refractivity contribution in [1.82, 2.24) is 9.80 Å². The number of piperazine rings is 1. The van der Waals surface area contributed by atoms with Gasteiger partial charge in [-0.1, -0.05) is 42.5 Å². The van der Waals surface area contributed by atoms with Crippen molar-refractivity contribution in [3.63, 3.8) is 0 Å². The molecule has 2 amide bonds. The molecular weight excluding hydrogens is 342 g/mol. The minimum absolute atomic E-state index is 0.118. The molecule has 0 bridgehead atoms. The van der Waals surface area contributed by atoms with E-state index in [1.54, 1.807) is 12.0 Å². The number of carbonyl (C=O) groups excluding carboxylic acids is 2. The molecule has 1 aliphatic heterocycles. The quantitative estimate of drug-likeness (QED) is 0.875. The lowest BCUT2D eigenvalue weighted by Crippen LogP contribution is -2.59. The molecule has 6 heteroatoms. The molecule has 0 saturated carbocycles. The molecule has 142 valence electrons. The smallest absolute Gasteiger partial charge is 0.241 e. The summed E-state index contributed by atoms with van der Waals surface area (Å²) in [7, 11) is 1.67. The van der Waals surface area contributed by atoms with Crippen LogP contribution in [0.1, 0.15) is 12.5 Å². The number of carbonyl (C=O) groups is 2. The number of nitrogens with two attached hydrogens (primary N) is 1. The molecule has 0 aromatic heterocycles. The molecule has 27 heavy (non-hydrogen) atoms. The number of nitrogens with zero attached hydrogens (tertiary/aromatic N) is 2. The Bertz CT molecular complexity index is 837. The first-order valence-electron chi connectivity index (χ1n) is 9.01. The van der Waals surface area contributed by atoms with E-state index in [1.807, 2.05) is 36.4 Å². The molecule has 1 heterocycles. The maximum absolute atomic E-state index is 11.8. The Morgan fingerprint density at radius 1 is 1.07 bits per heavy atom. The normalized spacial score (nSPS) is 17.6. The Balaban J connectivity index is 1.85. The van der Waals surface area contributed by atoms with E-state index < -0.39 is 11.9 Å². The average molecular weight is 367 g/mol. The molecule has 0 spiro atoms. The summed E-state index contributed by atoms with van der Waals surface area (Å²) in [5.41, 5.74) is 8.80. The predicted molar refractivity (Wildman–Crippen MR) is 104 cm³/mol. The van der Waals surface area contributed by atoms with Crippen molar-refractivity contribution in [3.05, 3.63) is 54.1 Å². The number of hydrogen-bond donors (Lipinski definition) is 1. The summed E-state index contributed by atoms with van der Waals surface area (Å²) in [6, 6.07) is 15.5. The number of rotatable bonds is 5. The van der Waals surface area contributed by atoms with Gasteiger partial charge in [-0.3, -0.25) is 14.5 Å². The summed E-state index contributed by atoms with van der Waals surface area (Å²) in [6.07, 6.45) is 0. The zero-order valence-corrected chi connectivity index (χ0v) is 15.7. The highest BCUT2D eigenvalue weighted by atomic mass is 16.5. The SMILES string of the molecule is COc1ccccc1-c1ccccc1CN1CCN(C(C)=O)C(C(N)=O)C1. The molecule has 3 rings (SSSR count). The zero-order chi connectivity index (χ0) is 19.4. The zero-order valence-electron chi connectivity index (χ0n) is 15.7. The van der Waals surface area contributed by atoms with Crippen LogP contribution in [0.3, 0.4) is 0 Å². The molecule has 0 radical (unpaired) electrons. The van der Waals surface area contributed by atoms with Crippen LogP contribution in [0.5, 0.6) is 5.75 Å². The number of primary amides is 1. The van der Waals surface area contributed by atoms with Gasteiger partial charge in [-0.2, -0.15) is 0 Å². The fourth-order valence-electron chi connectivity index (χ4n) is 3.63. The van der Waals surface area contributed by atoms with Gasteiger partial charge in [-0.25, -0.2) is 0 Å². The van der Waals surface area contributed by atoms with Crippen LogP contribution in [0.15, 0.2) is 48.5 Å². The molecule has 1 aliphatic rings. The van der Waals surface area contributed by atoms with Gasteiger partial charge < -0.3 is 15.4 Å². The summed E-state index contributed by atoms with van der Waals surface area (Å²) in [6.45, 7) is 3.78. The molecular formula is C21H25N3O3. The Morgan fingerprint density at radius 2 is 1.74 bits per heavy atom. The highest BCUT2D eigenvalue weighted by Gasteiger charge is 2.32. The number of benzene rings is 2. The molecule has 2 aromatic carbocycles. The lowest BCUT2D eigenvalue weighted by Gasteiger charge is -2.39. The van der Waals surface area contributed by atoms with E-state index in [0.29, 0.717) is 26.2 Å². The van der Waals surface area contributed by atoms with Crippen molar-refractivity contribution in [2.24, 2.45) is 5.73 Å². The molecule has 2 aromatic rings. The fraction of sp³-hybridized carbons (Fsp3) is 0.333. The second-order valence-electron chi connectivity index (χ2n) is 6.72. The molecule has 0 aliphatic carbocycles. The minimum atomic E-state index is -0.588. The summed E-state index contributed by atoms with van der Waals surface area (Å²) in [5.74, 6) is 0.238. The van der Waals surface area contributed by atoms with Crippen LogP contribution >= 0.6 is 0 Å². The van der Waals surface area contributed by atoms with Crippen LogP contribution in [0.25, 0.3) is 11.1 Å². The lowest BCUT2D eigenvalue weighted by molar-refractivity contribution is -0.141. The largest absolute Gasteiger partial charge is 0.496 e. The monoisotopic (exact) mass is 367 g/mol. The minimum Gasteiger partial charge on any atom is -0.496 e. The summed E-state index contributed by atoms with van der Waals surface area (Å²) in [5, 5.41) is 0. The second-order valence-corrected chi connectivity index (χ2v) is 6.72. The van der Waals surface area contributed by atoms with Gasteiger partial charge in [0.15, 0.2) is 0 Å². The maximum atomic E-state index is 11.8. The topological polar surface area (TPSA) is 75.9 Å². The van der Waals surface area contributed by atoms with Gasteiger partial charge in [0.25, 0.3) is 0 Å². The third-order valence-electron chi connectivity index (χ3n) is 5.01. The van der Waals surface area contributed by atoms with Crippen LogP contribution in [0, 0.1) is 0 Å². The first-order chi connectivity index (χ1) is 13.0. The Labute approximate surface area is 159 Å². The van der Waals surface area contributed by atoms with Gasteiger partial charge in [0.05, 0.1) is 7.11 Å². The molecule has 1 saturated heterocycles. The summed E-state index contributed by atoms with van der Waals surface area (Å²) < 4.78 is 5.51. The van der Waals surface area contributed by atoms with E-state index in [0.717, 1.165) is 22.4 Å². The van der Waals surface area contributed by atoms with Crippen molar-refractivity contribution in [2.45, 2.75) is 19.5 Å². The first kappa shape index (κ1) is 18.9. The summed E-state index contributed by atoms with van der Waals surface area (Å²) in [4.78, 5) is 27.3. The van der Waals surface area contributed by atoms with E-state index >= 15 is 0 Å². The highest BCUT2D eigenvalue weighted by Crippen LogP contribution is 2.32. The van der Waals surface area contributed by atoms with Crippen molar-refractivity contribution < 1.29 is 14.3 Å². The predicted octanol–water partition coefficient (Wildman–Crippen LogP) is 1.88. The van der Waals surface area contributed by atoms with Crippen LogP contribution in [-0.4, -0.2) is 54.4 Å². The van der Waals surface area contributed by atoms with E-state index in [1.165, 1.54) is 6.92 Å². The van der Waals surface area contributed by atoms with Gasteiger partial charge in [-0.05, 0) is 17.2 Å². The van der Waals surface area contributed by atoms with Crippen molar-refractivity contribution in [2.75, 3.05) is 26.7 Å². The molecule has 1 fully saturated rings. The number of amides is 2. The molecule has 1 atom stereocenters. The van der Waals surface area contributed by atoms with Gasteiger partial charge >= 0.3 is 0 Å². The number of methoxy groups -OCH3 is 1. The fourth-order valence-corrected chi connectivity index (χ4v) is 3.63. The Morgan fingerprint density at radius 3 is 2.41 bits per heavy atom. The van der Waals surface area contributed by atoms with E-state index in [9.17, 15) is 9.59 Å². The van der Waals surface area contributed by atoms with Crippen LogP contribution < -0.4 is 10.5 Å². The van der Waals surface area contributed by atoms with Gasteiger partial charge in [0.2, 0.25) is 11.8 Å². The van der Waals surface area contributed by atoms with E-state index in [-0.39, 0.29) is 5.91 Å². The number of hydrogen-bond acceptors (Lipinski definition) is 4. The Hall–Kier alpha value is -2.86. The number of para-hydroxylation sites is 1. The lowest BCUT2D eigenvalue weighted by atomic mass is 9.98. The van der Waals surface area contributed by atoms with Crippen molar-refractivity contribution in [1.29, 1.82) is 0 Å². The third kappa shape index (κ3) is 4.11. The Kier molecular flexibility index (Phi) is 5.76. The molecule has 1 unspecified atom stereocenters. The molecule has 2 N–H and O–H groups in total. The second kappa shape index (κ2) is 8.22. The van der Waals surface area contributed by atoms with Crippen LogP contribution in [0.4, 0.5) is 0 Å². The number of ether oxygens (including phenoxy) is 1. The molecule has 6 nitrogen and oxygen atoms in total. The van der Waals surface area contributed by atoms with Gasteiger partial charge in [0, 0.05) is 38.7 Å². The average Bonchev–Trinajstić information content (AvgIpc) is 2.68. The van der Waals surface area contributed by atoms with Crippen molar-refractivity contribution in [3.8, 4) is 16.9 Å². The highest BCUT2D eigenvalue weighted by molar-refractivity contribution is 5.86. The summed E-state index contributed by atoms with van der Waals surface area (Å²) >= 11 is 0. The van der Waals surface area contributed by atoms with Crippen molar-refractivity contribution >= 4 is 11.8 Å². The van der Waals surface area contributed by atoms with E-state index in [2.05, 4.69) is 17.0 Å². The third-order valence-corrected chi connectivity index (χ3v) is 5.01. The van der Waals surface area contributed by atoms with E-state index in [4.69, 9.17) is 10.5 Å². The van der Waals surface area contributed by atoms with Crippen LogP contribution in [-0.2, 0) is 16.1 Å². The van der Waals surface area contributed by atoms with Gasteiger partial charge in [0.1, 0.15) is 11.8 Å². The maximum Gasteiger partial charge on any atom is 0.241 e. The first-order valence-corrected chi connectivity index (χ1v) is 9.01. The van der Waals surface area contributed by atoms with Gasteiger partial charge in [-0.15, -0.1) is 0 Å². The van der Waals surface area contributed by atoms with Crippen LogP contribution in [0.2, 0.25) is 0 Å². The standard InChI is InChI=1S/C21H25N3O3/c1-15(25)24-12-11-23(14-19(24)21(22)26)13-16-7-3-4-8-17(16)18-9-5-6-10-20(18)27-2/h3-10,19H,11-14H2,1-2H3,(H2,22,26).